The van der Waals surface area contributed by atoms with Gasteiger partial charge in [-0.1, -0.05) is 13.0 Å². The highest BCUT2D eigenvalue weighted by Crippen LogP contribution is 2.20. The molecular formula is C20H31N3O3. The van der Waals surface area contributed by atoms with Gasteiger partial charge in [-0.05, 0) is 50.8 Å². The maximum absolute atomic E-state index is 12.3. The fourth-order valence-electron chi connectivity index (χ4n) is 3.60. The normalized spacial score (nSPS) is 21.5. The second kappa shape index (κ2) is 9.78. The van der Waals surface area contributed by atoms with E-state index in [0.29, 0.717) is 6.61 Å². The standard InChI is InChI=1S/C20H31N3O3/c1-2-10-23-11-8-16(9-12-23)21-20(24)22-17-5-3-6-18(14-17)26-15-19-7-4-13-25-19/h3,5-6,14,16,19H,2,4,7-13,15H2,1H3,(H2,21,22,24). The third-order valence-corrected chi connectivity index (χ3v) is 5.01. The second-order valence-electron chi connectivity index (χ2n) is 7.19. The zero-order chi connectivity index (χ0) is 18.2. The Labute approximate surface area is 156 Å². The molecule has 26 heavy (non-hydrogen) atoms. The summed E-state index contributed by atoms with van der Waals surface area (Å²) in [6.45, 7) is 6.86. The van der Waals surface area contributed by atoms with E-state index in [2.05, 4.69) is 22.5 Å². The van der Waals surface area contributed by atoms with Crippen molar-refractivity contribution in [1.29, 1.82) is 0 Å². The zero-order valence-electron chi connectivity index (χ0n) is 15.7. The number of hydrogen-bond donors (Lipinski definition) is 2. The first-order chi connectivity index (χ1) is 12.7. The largest absolute Gasteiger partial charge is 0.491 e. The van der Waals surface area contributed by atoms with Crippen molar-refractivity contribution >= 4 is 11.7 Å². The van der Waals surface area contributed by atoms with Gasteiger partial charge in [0.05, 0.1) is 6.10 Å². The van der Waals surface area contributed by atoms with E-state index in [1.165, 1.54) is 6.42 Å². The van der Waals surface area contributed by atoms with E-state index in [1.807, 2.05) is 24.3 Å². The molecule has 2 aliphatic rings. The van der Waals surface area contributed by atoms with Crippen molar-refractivity contribution in [2.75, 3.05) is 38.2 Å². The predicted molar refractivity (Wildman–Crippen MR) is 103 cm³/mol. The summed E-state index contributed by atoms with van der Waals surface area (Å²) < 4.78 is 11.4. The van der Waals surface area contributed by atoms with E-state index in [0.717, 1.165) is 63.4 Å². The van der Waals surface area contributed by atoms with Crippen LogP contribution in [0.5, 0.6) is 5.75 Å². The van der Waals surface area contributed by atoms with Gasteiger partial charge in [-0.25, -0.2) is 4.79 Å². The number of anilines is 1. The molecular weight excluding hydrogens is 330 g/mol. The fraction of sp³-hybridized carbons (Fsp3) is 0.650. The molecule has 0 aromatic heterocycles. The Morgan fingerprint density at radius 2 is 2.15 bits per heavy atom. The van der Waals surface area contributed by atoms with E-state index in [4.69, 9.17) is 9.47 Å². The number of ether oxygens (including phenoxy) is 2. The van der Waals surface area contributed by atoms with Gasteiger partial charge in [0, 0.05) is 37.5 Å². The van der Waals surface area contributed by atoms with Crippen molar-refractivity contribution in [3.05, 3.63) is 24.3 Å². The van der Waals surface area contributed by atoms with Gasteiger partial charge in [0.1, 0.15) is 12.4 Å². The highest BCUT2D eigenvalue weighted by Gasteiger charge is 2.20. The molecule has 1 atom stereocenters. The zero-order valence-corrected chi connectivity index (χ0v) is 15.7. The molecule has 2 saturated heterocycles. The van der Waals surface area contributed by atoms with Crippen LogP contribution in [0.15, 0.2) is 24.3 Å². The molecule has 0 bridgehead atoms. The van der Waals surface area contributed by atoms with Gasteiger partial charge in [-0.15, -0.1) is 0 Å². The molecule has 1 unspecified atom stereocenters. The SMILES string of the molecule is CCCN1CCC(NC(=O)Nc2cccc(OCC3CCCO3)c2)CC1. The highest BCUT2D eigenvalue weighted by atomic mass is 16.5. The summed E-state index contributed by atoms with van der Waals surface area (Å²) in [6, 6.07) is 7.64. The van der Waals surface area contributed by atoms with Crippen molar-refractivity contribution in [2.24, 2.45) is 0 Å². The van der Waals surface area contributed by atoms with Crippen molar-refractivity contribution in [2.45, 2.75) is 51.2 Å². The number of nitrogens with zero attached hydrogens (tertiary/aromatic N) is 1. The lowest BCUT2D eigenvalue weighted by molar-refractivity contribution is 0.0680. The molecule has 2 heterocycles. The molecule has 1 aromatic carbocycles. The molecule has 2 fully saturated rings. The number of carbonyl (C=O) groups is 1. The summed E-state index contributed by atoms with van der Waals surface area (Å²) >= 11 is 0. The number of benzene rings is 1. The van der Waals surface area contributed by atoms with E-state index in [1.54, 1.807) is 0 Å². The summed E-state index contributed by atoms with van der Waals surface area (Å²) in [5.41, 5.74) is 0.746. The fourth-order valence-corrected chi connectivity index (χ4v) is 3.60. The van der Waals surface area contributed by atoms with Crippen LogP contribution in [0, 0.1) is 0 Å². The molecule has 0 spiro atoms. The monoisotopic (exact) mass is 361 g/mol. The maximum atomic E-state index is 12.3. The molecule has 2 amide bonds. The third-order valence-electron chi connectivity index (χ3n) is 5.01. The average Bonchev–Trinajstić information content (AvgIpc) is 3.16. The minimum Gasteiger partial charge on any atom is -0.491 e. The molecule has 3 rings (SSSR count). The molecule has 6 nitrogen and oxygen atoms in total. The molecule has 0 saturated carbocycles. The van der Waals surface area contributed by atoms with Gasteiger partial charge >= 0.3 is 6.03 Å². The lowest BCUT2D eigenvalue weighted by Crippen LogP contribution is -2.46. The van der Waals surface area contributed by atoms with Crippen LogP contribution in [0.2, 0.25) is 0 Å². The number of urea groups is 1. The number of nitrogens with one attached hydrogen (secondary N) is 2. The Hall–Kier alpha value is -1.79. The summed E-state index contributed by atoms with van der Waals surface area (Å²) in [4.78, 5) is 14.7. The van der Waals surface area contributed by atoms with Crippen molar-refractivity contribution in [1.82, 2.24) is 10.2 Å². The minimum absolute atomic E-state index is 0.143. The molecule has 0 aliphatic carbocycles. The van der Waals surface area contributed by atoms with E-state index in [-0.39, 0.29) is 18.2 Å². The topological polar surface area (TPSA) is 62.8 Å². The third kappa shape index (κ3) is 5.88. The first kappa shape index (κ1) is 19.0. The summed E-state index contributed by atoms with van der Waals surface area (Å²) in [5.74, 6) is 0.756. The van der Waals surface area contributed by atoms with E-state index >= 15 is 0 Å². The van der Waals surface area contributed by atoms with Gasteiger partial charge in [0.2, 0.25) is 0 Å². The number of piperidine rings is 1. The number of carbonyl (C=O) groups excluding carboxylic acids is 1. The second-order valence-corrected chi connectivity index (χ2v) is 7.19. The van der Waals surface area contributed by atoms with Gasteiger partial charge in [0.15, 0.2) is 0 Å². The van der Waals surface area contributed by atoms with Crippen LogP contribution in [-0.4, -0.2) is 55.9 Å². The van der Waals surface area contributed by atoms with Gasteiger partial charge in [-0.2, -0.15) is 0 Å². The lowest BCUT2D eigenvalue weighted by Gasteiger charge is -2.32. The Morgan fingerprint density at radius 1 is 1.31 bits per heavy atom. The van der Waals surface area contributed by atoms with Crippen molar-refractivity contribution in [3.8, 4) is 5.75 Å². The first-order valence-electron chi connectivity index (χ1n) is 9.87. The van der Waals surface area contributed by atoms with Gasteiger partial charge in [0.25, 0.3) is 0 Å². The minimum atomic E-state index is -0.143. The van der Waals surface area contributed by atoms with Crippen molar-refractivity contribution in [3.63, 3.8) is 0 Å². The average molecular weight is 361 g/mol. The molecule has 2 aliphatic heterocycles. The van der Waals surface area contributed by atoms with Crippen LogP contribution in [-0.2, 0) is 4.74 Å². The smallest absolute Gasteiger partial charge is 0.319 e. The van der Waals surface area contributed by atoms with Crippen molar-refractivity contribution < 1.29 is 14.3 Å². The Bertz CT molecular complexity index is 567. The number of rotatable bonds is 7. The van der Waals surface area contributed by atoms with E-state index < -0.39 is 0 Å². The molecule has 2 N–H and O–H groups in total. The predicted octanol–water partition coefficient (Wildman–Crippen LogP) is 3.24. The summed E-state index contributed by atoms with van der Waals surface area (Å²) in [7, 11) is 0. The van der Waals surface area contributed by atoms with Crippen LogP contribution in [0.1, 0.15) is 39.0 Å². The lowest BCUT2D eigenvalue weighted by atomic mass is 10.1. The summed E-state index contributed by atoms with van der Waals surface area (Å²) in [6.07, 6.45) is 5.55. The van der Waals surface area contributed by atoms with Crippen LogP contribution < -0.4 is 15.4 Å². The molecule has 6 heteroatoms. The maximum Gasteiger partial charge on any atom is 0.319 e. The Balaban J connectivity index is 1.41. The highest BCUT2D eigenvalue weighted by molar-refractivity contribution is 5.89. The van der Waals surface area contributed by atoms with Crippen LogP contribution in [0.4, 0.5) is 10.5 Å². The van der Waals surface area contributed by atoms with Crippen LogP contribution in [0.25, 0.3) is 0 Å². The molecule has 0 radical (unpaired) electrons. The quantitative estimate of drug-likeness (QED) is 0.783. The molecule has 144 valence electrons. The van der Waals surface area contributed by atoms with Crippen LogP contribution >= 0.6 is 0 Å². The first-order valence-corrected chi connectivity index (χ1v) is 9.87. The Morgan fingerprint density at radius 3 is 2.88 bits per heavy atom. The Kier molecular flexibility index (Phi) is 7.14. The van der Waals surface area contributed by atoms with E-state index in [9.17, 15) is 4.79 Å². The van der Waals surface area contributed by atoms with Crippen LogP contribution in [0.3, 0.4) is 0 Å². The van der Waals surface area contributed by atoms with Gasteiger partial charge < -0.3 is 25.0 Å². The number of hydrogen-bond acceptors (Lipinski definition) is 4. The number of amides is 2. The summed E-state index contributed by atoms with van der Waals surface area (Å²) in [5, 5.41) is 6.01. The molecule has 1 aromatic rings. The number of likely N-dealkylation sites (tertiary alicyclic amines) is 1. The van der Waals surface area contributed by atoms with Gasteiger partial charge in [-0.3, -0.25) is 0 Å².